The van der Waals surface area contributed by atoms with E-state index in [2.05, 4.69) is 16.7 Å². The first-order valence-electron chi connectivity index (χ1n) is 7.57. The van der Waals surface area contributed by atoms with Gasteiger partial charge in [-0.25, -0.2) is 8.42 Å². The average Bonchev–Trinajstić information content (AvgIpc) is 2.47. The van der Waals surface area contributed by atoms with Crippen molar-refractivity contribution in [1.82, 2.24) is 19.0 Å². The van der Waals surface area contributed by atoms with Gasteiger partial charge in [0.2, 0.25) is 15.9 Å². The van der Waals surface area contributed by atoms with Crippen LogP contribution in [0, 0.1) is 0 Å². The van der Waals surface area contributed by atoms with E-state index in [-0.39, 0.29) is 5.91 Å². The Balaban J connectivity index is 1.75. The van der Waals surface area contributed by atoms with Crippen molar-refractivity contribution in [3.8, 4) is 0 Å². The molecule has 1 amide bonds. The van der Waals surface area contributed by atoms with Crippen molar-refractivity contribution < 1.29 is 13.2 Å². The Morgan fingerprint density at radius 1 is 0.905 bits per heavy atom. The molecule has 0 N–H and O–H groups in total. The lowest BCUT2D eigenvalue weighted by molar-refractivity contribution is -0.134. The van der Waals surface area contributed by atoms with E-state index in [0.29, 0.717) is 32.7 Å². The normalized spacial score (nSPS) is 23.4. The van der Waals surface area contributed by atoms with Crippen LogP contribution in [0.3, 0.4) is 0 Å². The largest absolute Gasteiger partial charge is 0.339 e. The molecule has 2 saturated heterocycles. The van der Waals surface area contributed by atoms with Gasteiger partial charge in [0.25, 0.3) is 0 Å². The van der Waals surface area contributed by atoms with E-state index >= 15 is 0 Å². The van der Waals surface area contributed by atoms with Crippen molar-refractivity contribution in [2.75, 3.05) is 71.7 Å². The molecule has 2 fully saturated rings. The molecule has 0 aromatic carbocycles. The molecule has 0 spiro atoms. The van der Waals surface area contributed by atoms with Gasteiger partial charge in [-0.3, -0.25) is 9.69 Å². The number of rotatable bonds is 4. The van der Waals surface area contributed by atoms with Gasteiger partial charge in [-0.2, -0.15) is 4.31 Å². The van der Waals surface area contributed by atoms with E-state index in [1.54, 1.807) is 0 Å². The molecule has 0 unspecified atom stereocenters. The summed E-state index contributed by atoms with van der Waals surface area (Å²) in [5.74, 6) is 0.165. The van der Waals surface area contributed by atoms with E-state index in [4.69, 9.17) is 0 Å². The molecular formula is C13H26N4O3S. The highest BCUT2D eigenvalue weighted by Gasteiger charge is 2.26. The maximum atomic E-state index is 12.3. The lowest BCUT2D eigenvalue weighted by atomic mass is 10.3. The molecule has 0 bridgehead atoms. The first kappa shape index (κ1) is 16.7. The summed E-state index contributed by atoms with van der Waals surface area (Å²) in [6, 6.07) is 0. The van der Waals surface area contributed by atoms with Gasteiger partial charge in [-0.15, -0.1) is 0 Å². The maximum Gasteiger partial charge on any atom is 0.236 e. The minimum absolute atomic E-state index is 0.165. The molecule has 122 valence electrons. The third-order valence-corrected chi connectivity index (χ3v) is 5.63. The summed E-state index contributed by atoms with van der Waals surface area (Å²) in [6.07, 6.45) is 1.24. The third-order valence-electron chi connectivity index (χ3n) is 4.33. The molecule has 0 atom stereocenters. The molecule has 8 heteroatoms. The predicted molar refractivity (Wildman–Crippen MR) is 81.6 cm³/mol. The zero-order chi connectivity index (χ0) is 15.5. The summed E-state index contributed by atoms with van der Waals surface area (Å²) in [5, 5.41) is 0. The van der Waals surface area contributed by atoms with Gasteiger partial charge in [-0.05, 0) is 6.54 Å². The van der Waals surface area contributed by atoms with Crippen molar-refractivity contribution >= 4 is 15.9 Å². The summed E-state index contributed by atoms with van der Waals surface area (Å²) in [6.45, 7) is 9.31. The highest BCUT2D eigenvalue weighted by atomic mass is 32.2. The highest BCUT2D eigenvalue weighted by molar-refractivity contribution is 7.88. The van der Waals surface area contributed by atoms with Crippen LogP contribution in [-0.4, -0.2) is 105 Å². The molecule has 0 aromatic rings. The van der Waals surface area contributed by atoms with Gasteiger partial charge >= 0.3 is 0 Å². The van der Waals surface area contributed by atoms with Crippen LogP contribution in [0.5, 0.6) is 0 Å². The molecule has 0 aromatic heterocycles. The molecular weight excluding hydrogens is 292 g/mol. The molecule has 7 nitrogen and oxygen atoms in total. The summed E-state index contributed by atoms with van der Waals surface area (Å²) in [5.41, 5.74) is 0. The lowest BCUT2D eigenvalue weighted by Gasteiger charge is -2.37. The van der Waals surface area contributed by atoms with Gasteiger partial charge in [0.05, 0.1) is 12.8 Å². The second-order valence-electron chi connectivity index (χ2n) is 5.75. The third kappa shape index (κ3) is 4.64. The number of hydrogen-bond donors (Lipinski definition) is 0. The Kier molecular flexibility index (Phi) is 5.59. The monoisotopic (exact) mass is 318 g/mol. The van der Waals surface area contributed by atoms with Crippen molar-refractivity contribution in [3.63, 3.8) is 0 Å². The Morgan fingerprint density at radius 2 is 1.43 bits per heavy atom. The number of carbonyl (C=O) groups excluding carboxylic acids is 1. The van der Waals surface area contributed by atoms with E-state index < -0.39 is 10.0 Å². The molecule has 2 rings (SSSR count). The molecule has 0 radical (unpaired) electrons. The van der Waals surface area contributed by atoms with Gasteiger partial charge in [-0.1, -0.05) is 6.92 Å². The molecule has 2 aliphatic heterocycles. The highest BCUT2D eigenvalue weighted by Crippen LogP contribution is 2.07. The Labute approximate surface area is 127 Å². The van der Waals surface area contributed by atoms with Crippen LogP contribution >= 0.6 is 0 Å². The number of amides is 1. The number of sulfonamides is 1. The second kappa shape index (κ2) is 7.04. The molecule has 21 heavy (non-hydrogen) atoms. The summed E-state index contributed by atoms with van der Waals surface area (Å²) in [7, 11) is -3.10. The summed E-state index contributed by atoms with van der Waals surface area (Å²) < 4.78 is 24.4. The molecule has 2 heterocycles. The first-order valence-corrected chi connectivity index (χ1v) is 9.42. The zero-order valence-electron chi connectivity index (χ0n) is 13.0. The minimum Gasteiger partial charge on any atom is -0.339 e. The van der Waals surface area contributed by atoms with Crippen molar-refractivity contribution in [3.05, 3.63) is 0 Å². The summed E-state index contributed by atoms with van der Waals surface area (Å²) >= 11 is 0. The SMILES string of the molecule is CCN1CCN(C(=O)CN2CCN(S(C)(=O)=O)CC2)CC1. The number of likely N-dealkylation sites (N-methyl/N-ethyl adjacent to an activating group) is 1. The Hall–Kier alpha value is -0.700. The Morgan fingerprint density at radius 3 is 1.90 bits per heavy atom. The van der Waals surface area contributed by atoms with Crippen LogP contribution in [0.2, 0.25) is 0 Å². The smallest absolute Gasteiger partial charge is 0.236 e. The van der Waals surface area contributed by atoms with Gasteiger partial charge in [0.1, 0.15) is 0 Å². The van der Waals surface area contributed by atoms with Crippen molar-refractivity contribution in [1.29, 1.82) is 0 Å². The number of piperazine rings is 2. The summed E-state index contributed by atoms with van der Waals surface area (Å²) in [4.78, 5) is 18.6. The quantitative estimate of drug-likeness (QED) is 0.647. The van der Waals surface area contributed by atoms with E-state index in [1.807, 2.05) is 4.90 Å². The molecule has 0 saturated carbocycles. The van der Waals surface area contributed by atoms with Crippen LogP contribution in [0.4, 0.5) is 0 Å². The fourth-order valence-electron chi connectivity index (χ4n) is 2.82. The number of carbonyl (C=O) groups is 1. The zero-order valence-corrected chi connectivity index (χ0v) is 13.8. The van der Waals surface area contributed by atoms with E-state index in [1.165, 1.54) is 10.6 Å². The lowest BCUT2D eigenvalue weighted by Crippen LogP contribution is -2.54. The Bertz CT molecular complexity index is 452. The van der Waals surface area contributed by atoms with Crippen LogP contribution in [0.1, 0.15) is 6.92 Å². The van der Waals surface area contributed by atoms with Crippen molar-refractivity contribution in [2.24, 2.45) is 0 Å². The van der Waals surface area contributed by atoms with Crippen LogP contribution in [0.15, 0.2) is 0 Å². The van der Waals surface area contributed by atoms with E-state index in [9.17, 15) is 13.2 Å². The molecule has 2 aliphatic rings. The van der Waals surface area contributed by atoms with Gasteiger partial charge in [0.15, 0.2) is 0 Å². The predicted octanol–water partition coefficient (Wildman–Crippen LogP) is -1.27. The van der Waals surface area contributed by atoms with Crippen molar-refractivity contribution in [2.45, 2.75) is 6.92 Å². The van der Waals surface area contributed by atoms with Gasteiger partial charge < -0.3 is 9.80 Å². The maximum absolute atomic E-state index is 12.3. The number of nitrogens with zero attached hydrogens (tertiary/aromatic N) is 4. The standard InChI is InChI=1S/C13H26N4O3S/c1-3-14-4-8-16(9-5-14)13(18)12-15-6-10-17(11-7-15)21(2,19)20/h3-12H2,1-2H3. The fourth-order valence-corrected chi connectivity index (χ4v) is 3.65. The van der Waals surface area contributed by atoms with Gasteiger partial charge in [0, 0.05) is 52.4 Å². The minimum atomic E-state index is -3.10. The topological polar surface area (TPSA) is 64.2 Å². The number of hydrogen-bond acceptors (Lipinski definition) is 5. The van der Waals surface area contributed by atoms with Crippen LogP contribution in [0.25, 0.3) is 0 Å². The molecule has 0 aliphatic carbocycles. The first-order chi connectivity index (χ1) is 9.90. The average molecular weight is 318 g/mol. The van der Waals surface area contributed by atoms with Crippen LogP contribution < -0.4 is 0 Å². The van der Waals surface area contributed by atoms with Crippen LogP contribution in [-0.2, 0) is 14.8 Å². The van der Waals surface area contributed by atoms with E-state index in [0.717, 1.165) is 32.7 Å². The fraction of sp³-hybridized carbons (Fsp3) is 0.923. The second-order valence-corrected chi connectivity index (χ2v) is 7.74.